The molecular weight excluding hydrogens is 268 g/mol. The van der Waals surface area contributed by atoms with Crippen molar-refractivity contribution in [3.05, 3.63) is 47.0 Å². The maximum absolute atomic E-state index is 10.7. The minimum Gasteiger partial charge on any atom is -0.478 e. The molecule has 1 aliphatic rings. The number of rotatable bonds is 4. The highest BCUT2D eigenvalue weighted by atomic mass is 16.4. The monoisotopic (exact) mass is 284 g/mol. The molecule has 2 heterocycles. The van der Waals surface area contributed by atoms with Crippen molar-refractivity contribution >= 4 is 11.9 Å². The summed E-state index contributed by atoms with van der Waals surface area (Å²) >= 11 is 0. The Labute approximate surface area is 122 Å². The highest BCUT2D eigenvalue weighted by molar-refractivity contribution is 5.86. The fraction of sp³-hybridized carbons (Fsp3) is 0.333. The van der Waals surface area contributed by atoms with E-state index in [2.05, 4.69) is 26.3 Å². The van der Waals surface area contributed by atoms with E-state index in [0.29, 0.717) is 12.5 Å². The van der Waals surface area contributed by atoms with Crippen molar-refractivity contribution in [1.82, 2.24) is 15.0 Å². The molecule has 108 valence electrons. The zero-order chi connectivity index (χ0) is 14.7. The van der Waals surface area contributed by atoms with Crippen molar-refractivity contribution < 1.29 is 9.90 Å². The topological polar surface area (TPSA) is 88.0 Å². The normalized spacial score (nSPS) is 13.5. The summed E-state index contributed by atoms with van der Waals surface area (Å²) in [6.45, 7) is 0.527. The second-order valence-corrected chi connectivity index (χ2v) is 5.07. The van der Waals surface area contributed by atoms with Crippen molar-refractivity contribution in [2.24, 2.45) is 0 Å². The van der Waals surface area contributed by atoms with Gasteiger partial charge in [-0.1, -0.05) is 6.07 Å². The van der Waals surface area contributed by atoms with Gasteiger partial charge in [-0.25, -0.2) is 14.8 Å². The zero-order valence-corrected chi connectivity index (χ0v) is 11.5. The number of pyridine rings is 1. The average Bonchev–Trinajstić information content (AvgIpc) is 2.53. The number of hydrogen-bond donors (Lipinski definition) is 2. The van der Waals surface area contributed by atoms with E-state index in [0.717, 1.165) is 18.5 Å². The number of carbonyl (C=O) groups is 1. The van der Waals surface area contributed by atoms with Gasteiger partial charge in [0.1, 0.15) is 0 Å². The van der Waals surface area contributed by atoms with Gasteiger partial charge in [-0.2, -0.15) is 0 Å². The van der Waals surface area contributed by atoms with Crippen molar-refractivity contribution in [1.29, 1.82) is 0 Å². The highest BCUT2D eigenvalue weighted by Crippen LogP contribution is 2.19. The number of nitrogens with one attached hydrogen (secondary N) is 1. The molecule has 1 aliphatic carbocycles. The van der Waals surface area contributed by atoms with Gasteiger partial charge < -0.3 is 10.4 Å². The lowest BCUT2D eigenvalue weighted by molar-refractivity contribution is 0.0696. The van der Waals surface area contributed by atoms with Gasteiger partial charge in [0, 0.05) is 18.1 Å². The number of hydrogen-bond acceptors (Lipinski definition) is 5. The first-order valence-electron chi connectivity index (χ1n) is 6.99. The van der Waals surface area contributed by atoms with Crippen LogP contribution in [0.4, 0.5) is 5.95 Å². The van der Waals surface area contributed by atoms with Crippen LogP contribution in [-0.2, 0) is 19.4 Å². The quantitative estimate of drug-likeness (QED) is 0.893. The largest absolute Gasteiger partial charge is 0.478 e. The summed E-state index contributed by atoms with van der Waals surface area (Å²) in [5.41, 5.74) is 3.57. The molecule has 0 fully saturated rings. The molecular formula is C15H16N4O2. The Morgan fingerprint density at radius 1 is 1.19 bits per heavy atom. The third-order valence-electron chi connectivity index (χ3n) is 3.56. The second-order valence-electron chi connectivity index (χ2n) is 5.07. The summed E-state index contributed by atoms with van der Waals surface area (Å²) < 4.78 is 0. The number of carboxylic acids is 1. The van der Waals surface area contributed by atoms with Gasteiger partial charge in [0.15, 0.2) is 0 Å². The molecule has 0 spiro atoms. The summed E-state index contributed by atoms with van der Waals surface area (Å²) in [4.78, 5) is 23.3. The number of carboxylic acid groups (broad SMARTS) is 1. The second kappa shape index (κ2) is 5.87. The van der Waals surface area contributed by atoms with E-state index in [-0.39, 0.29) is 5.56 Å². The van der Waals surface area contributed by atoms with Gasteiger partial charge in [0.25, 0.3) is 0 Å². The Kier molecular flexibility index (Phi) is 3.77. The van der Waals surface area contributed by atoms with Gasteiger partial charge >= 0.3 is 5.97 Å². The van der Waals surface area contributed by atoms with Crippen LogP contribution in [0.2, 0.25) is 0 Å². The summed E-state index contributed by atoms with van der Waals surface area (Å²) in [6.07, 6.45) is 7.20. The molecule has 0 saturated carbocycles. The van der Waals surface area contributed by atoms with Crippen LogP contribution in [0, 0.1) is 0 Å². The standard InChI is InChI=1S/C15H16N4O2/c20-14(21)11-7-16-15(17-8-11)18-9-12-6-5-10-3-1-2-4-13(10)19-12/h5-8H,1-4,9H2,(H,20,21)(H,16,17,18). The van der Waals surface area contributed by atoms with Crippen molar-refractivity contribution in [2.45, 2.75) is 32.2 Å². The smallest absolute Gasteiger partial charge is 0.338 e. The number of aromatic carboxylic acids is 1. The molecule has 0 amide bonds. The molecule has 2 N–H and O–H groups in total. The number of fused-ring (bicyclic) bond motifs is 1. The van der Waals surface area contributed by atoms with E-state index in [9.17, 15) is 4.79 Å². The van der Waals surface area contributed by atoms with Crippen molar-refractivity contribution in [3.63, 3.8) is 0 Å². The van der Waals surface area contributed by atoms with Crippen LogP contribution in [0.25, 0.3) is 0 Å². The van der Waals surface area contributed by atoms with E-state index in [1.165, 1.54) is 36.5 Å². The van der Waals surface area contributed by atoms with Gasteiger partial charge in [-0.05, 0) is 37.3 Å². The Balaban J connectivity index is 1.65. The summed E-state index contributed by atoms with van der Waals surface area (Å²) in [5, 5.41) is 11.8. The number of aryl methyl sites for hydroxylation is 2. The molecule has 0 aliphatic heterocycles. The van der Waals surface area contributed by atoms with E-state index in [4.69, 9.17) is 5.11 Å². The molecule has 0 unspecified atom stereocenters. The first kappa shape index (κ1) is 13.5. The molecule has 21 heavy (non-hydrogen) atoms. The summed E-state index contributed by atoms with van der Waals surface area (Å²) in [5.74, 6) is -0.627. The molecule has 2 aromatic heterocycles. The zero-order valence-electron chi connectivity index (χ0n) is 11.5. The third kappa shape index (κ3) is 3.16. The van der Waals surface area contributed by atoms with E-state index >= 15 is 0 Å². The number of aromatic nitrogens is 3. The molecule has 0 radical (unpaired) electrons. The van der Waals surface area contributed by atoms with Crippen LogP contribution in [0.3, 0.4) is 0 Å². The summed E-state index contributed by atoms with van der Waals surface area (Å²) in [7, 11) is 0. The van der Waals surface area contributed by atoms with Gasteiger partial charge in [-0.3, -0.25) is 4.98 Å². The lowest BCUT2D eigenvalue weighted by Crippen LogP contribution is -2.10. The molecule has 6 heteroatoms. The Bertz CT molecular complexity index is 655. The minimum absolute atomic E-state index is 0.0763. The van der Waals surface area contributed by atoms with Crippen LogP contribution in [0.15, 0.2) is 24.5 Å². The van der Waals surface area contributed by atoms with Crippen LogP contribution in [-0.4, -0.2) is 26.0 Å². The Morgan fingerprint density at radius 3 is 2.71 bits per heavy atom. The molecule has 0 aromatic carbocycles. The first-order chi connectivity index (χ1) is 10.2. The molecule has 3 rings (SSSR count). The maximum atomic E-state index is 10.7. The lowest BCUT2D eigenvalue weighted by Gasteiger charge is -2.15. The number of anilines is 1. The predicted molar refractivity (Wildman–Crippen MR) is 77.2 cm³/mol. The molecule has 6 nitrogen and oxygen atoms in total. The maximum Gasteiger partial charge on any atom is 0.338 e. The fourth-order valence-corrected chi connectivity index (χ4v) is 2.43. The van der Waals surface area contributed by atoms with E-state index < -0.39 is 5.97 Å². The van der Waals surface area contributed by atoms with Gasteiger partial charge in [0.2, 0.25) is 5.95 Å². The van der Waals surface area contributed by atoms with Gasteiger partial charge in [0.05, 0.1) is 17.8 Å². The van der Waals surface area contributed by atoms with Crippen LogP contribution in [0.5, 0.6) is 0 Å². The summed E-state index contributed by atoms with van der Waals surface area (Å²) in [6, 6.07) is 4.16. The molecule has 0 atom stereocenters. The SMILES string of the molecule is O=C(O)c1cnc(NCc2ccc3c(n2)CCCC3)nc1. The average molecular weight is 284 g/mol. The predicted octanol–water partition coefficient (Wildman–Crippen LogP) is 2.06. The fourth-order valence-electron chi connectivity index (χ4n) is 2.43. The van der Waals surface area contributed by atoms with Crippen molar-refractivity contribution in [2.75, 3.05) is 5.32 Å². The minimum atomic E-state index is -1.03. The van der Waals surface area contributed by atoms with Crippen LogP contribution in [0.1, 0.15) is 40.2 Å². The lowest BCUT2D eigenvalue weighted by atomic mass is 9.96. The molecule has 0 bridgehead atoms. The van der Waals surface area contributed by atoms with E-state index in [1.807, 2.05) is 6.07 Å². The van der Waals surface area contributed by atoms with Crippen molar-refractivity contribution in [3.8, 4) is 0 Å². The van der Waals surface area contributed by atoms with Gasteiger partial charge in [-0.15, -0.1) is 0 Å². The number of nitrogens with zero attached hydrogens (tertiary/aromatic N) is 3. The first-order valence-corrected chi connectivity index (χ1v) is 6.99. The van der Waals surface area contributed by atoms with Crippen LogP contribution >= 0.6 is 0 Å². The van der Waals surface area contributed by atoms with Crippen LogP contribution < -0.4 is 5.32 Å². The highest BCUT2D eigenvalue weighted by Gasteiger charge is 2.11. The third-order valence-corrected chi connectivity index (χ3v) is 3.56. The molecule has 2 aromatic rings. The Hall–Kier alpha value is -2.50. The molecule has 0 saturated heterocycles. The Morgan fingerprint density at radius 2 is 1.95 bits per heavy atom. The van der Waals surface area contributed by atoms with E-state index in [1.54, 1.807) is 0 Å².